The van der Waals surface area contributed by atoms with Crippen LogP contribution in [0.5, 0.6) is 17.2 Å². The number of rotatable bonds is 7. The van der Waals surface area contributed by atoms with Crippen LogP contribution in [0.1, 0.15) is 12.5 Å². The molecule has 0 amide bonds. The molecule has 2 aromatic rings. The van der Waals surface area contributed by atoms with Gasteiger partial charge >= 0.3 is 0 Å². The SMILES string of the molecule is CCOc1cc(C#N)ccc1OCCOc1ccc(Cl)cc1Cl. The molecule has 0 saturated heterocycles. The Labute approximate surface area is 145 Å². The van der Waals surface area contributed by atoms with Crippen LogP contribution in [0.25, 0.3) is 0 Å². The first kappa shape index (κ1) is 17.3. The van der Waals surface area contributed by atoms with Crippen molar-refractivity contribution in [2.45, 2.75) is 6.92 Å². The van der Waals surface area contributed by atoms with E-state index in [1.54, 1.807) is 36.4 Å². The van der Waals surface area contributed by atoms with E-state index in [1.165, 1.54) is 0 Å². The summed E-state index contributed by atoms with van der Waals surface area (Å²) in [7, 11) is 0. The van der Waals surface area contributed by atoms with Gasteiger partial charge in [-0.1, -0.05) is 23.2 Å². The Morgan fingerprint density at radius 1 is 0.913 bits per heavy atom. The van der Waals surface area contributed by atoms with Crippen molar-refractivity contribution in [3.8, 4) is 23.3 Å². The van der Waals surface area contributed by atoms with Gasteiger partial charge in [0.25, 0.3) is 0 Å². The zero-order valence-corrected chi connectivity index (χ0v) is 14.0. The second kappa shape index (κ2) is 8.52. The van der Waals surface area contributed by atoms with Crippen LogP contribution in [-0.2, 0) is 0 Å². The fourth-order valence-corrected chi connectivity index (χ4v) is 2.32. The van der Waals surface area contributed by atoms with E-state index >= 15 is 0 Å². The second-order valence-electron chi connectivity index (χ2n) is 4.48. The van der Waals surface area contributed by atoms with E-state index in [0.29, 0.717) is 52.7 Å². The van der Waals surface area contributed by atoms with Gasteiger partial charge in [-0.15, -0.1) is 0 Å². The molecule has 0 heterocycles. The van der Waals surface area contributed by atoms with Gasteiger partial charge in [-0.25, -0.2) is 0 Å². The topological polar surface area (TPSA) is 51.5 Å². The highest BCUT2D eigenvalue weighted by Gasteiger charge is 2.07. The van der Waals surface area contributed by atoms with E-state index in [4.69, 9.17) is 42.7 Å². The van der Waals surface area contributed by atoms with Crippen LogP contribution in [0, 0.1) is 11.3 Å². The van der Waals surface area contributed by atoms with Crippen molar-refractivity contribution < 1.29 is 14.2 Å². The second-order valence-corrected chi connectivity index (χ2v) is 5.32. The first-order chi connectivity index (χ1) is 11.1. The third kappa shape index (κ3) is 4.95. The molecule has 0 fully saturated rings. The normalized spacial score (nSPS) is 10.0. The highest BCUT2D eigenvalue weighted by atomic mass is 35.5. The van der Waals surface area contributed by atoms with Gasteiger partial charge in [0.1, 0.15) is 19.0 Å². The molecule has 0 spiro atoms. The Hall–Kier alpha value is -2.09. The van der Waals surface area contributed by atoms with Crippen LogP contribution in [0.2, 0.25) is 10.0 Å². The Morgan fingerprint density at radius 3 is 2.26 bits per heavy atom. The van der Waals surface area contributed by atoms with Crippen molar-refractivity contribution in [1.29, 1.82) is 5.26 Å². The van der Waals surface area contributed by atoms with Crippen molar-refractivity contribution in [3.63, 3.8) is 0 Å². The average molecular weight is 352 g/mol. The van der Waals surface area contributed by atoms with E-state index in [1.807, 2.05) is 6.92 Å². The highest BCUT2D eigenvalue weighted by Crippen LogP contribution is 2.29. The number of nitriles is 1. The average Bonchev–Trinajstić information content (AvgIpc) is 2.54. The van der Waals surface area contributed by atoms with Gasteiger partial charge in [-0.3, -0.25) is 0 Å². The molecule has 0 unspecified atom stereocenters. The molecule has 0 aromatic heterocycles. The quantitative estimate of drug-likeness (QED) is 0.677. The van der Waals surface area contributed by atoms with Crippen LogP contribution in [-0.4, -0.2) is 19.8 Å². The number of ether oxygens (including phenoxy) is 3. The summed E-state index contributed by atoms with van der Waals surface area (Å²) in [5, 5.41) is 9.92. The maximum Gasteiger partial charge on any atom is 0.162 e. The molecule has 0 aliphatic rings. The fraction of sp³-hybridized carbons (Fsp3) is 0.235. The van der Waals surface area contributed by atoms with Gasteiger partial charge in [0, 0.05) is 11.1 Å². The molecule has 0 radical (unpaired) electrons. The summed E-state index contributed by atoms with van der Waals surface area (Å²) in [5.74, 6) is 1.65. The third-order valence-corrected chi connectivity index (χ3v) is 3.40. The minimum Gasteiger partial charge on any atom is -0.490 e. The van der Waals surface area contributed by atoms with Crippen molar-refractivity contribution in [2.24, 2.45) is 0 Å². The van der Waals surface area contributed by atoms with E-state index < -0.39 is 0 Å². The smallest absolute Gasteiger partial charge is 0.162 e. The lowest BCUT2D eigenvalue weighted by atomic mass is 10.2. The summed E-state index contributed by atoms with van der Waals surface area (Å²) in [6.07, 6.45) is 0. The minimum atomic E-state index is 0.310. The molecule has 4 nitrogen and oxygen atoms in total. The van der Waals surface area contributed by atoms with Crippen molar-refractivity contribution in [1.82, 2.24) is 0 Å². The summed E-state index contributed by atoms with van der Waals surface area (Å²) in [6, 6.07) is 12.1. The molecule has 0 atom stereocenters. The van der Waals surface area contributed by atoms with Crippen molar-refractivity contribution in [2.75, 3.05) is 19.8 Å². The van der Waals surface area contributed by atoms with Crippen LogP contribution in [0.15, 0.2) is 36.4 Å². The molecular formula is C17H15Cl2NO3. The highest BCUT2D eigenvalue weighted by molar-refractivity contribution is 6.35. The van der Waals surface area contributed by atoms with Crippen LogP contribution in [0.4, 0.5) is 0 Å². The maximum absolute atomic E-state index is 8.92. The zero-order valence-electron chi connectivity index (χ0n) is 12.5. The van der Waals surface area contributed by atoms with Gasteiger partial charge in [-0.05, 0) is 37.3 Å². The lowest BCUT2D eigenvalue weighted by Crippen LogP contribution is -2.10. The summed E-state index contributed by atoms with van der Waals surface area (Å²) < 4.78 is 16.7. The predicted molar refractivity (Wildman–Crippen MR) is 89.8 cm³/mol. The minimum absolute atomic E-state index is 0.310. The molecule has 0 N–H and O–H groups in total. The first-order valence-corrected chi connectivity index (χ1v) is 7.77. The summed E-state index contributed by atoms with van der Waals surface area (Å²) in [5.41, 5.74) is 0.519. The Bertz CT molecular complexity index is 713. The third-order valence-electron chi connectivity index (χ3n) is 2.87. The lowest BCUT2D eigenvalue weighted by molar-refractivity contribution is 0.208. The molecular weight excluding hydrogens is 337 g/mol. The van der Waals surface area contributed by atoms with Crippen LogP contribution in [0.3, 0.4) is 0 Å². The van der Waals surface area contributed by atoms with E-state index in [0.717, 1.165) is 0 Å². The monoisotopic (exact) mass is 351 g/mol. The largest absolute Gasteiger partial charge is 0.490 e. The Balaban J connectivity index is 1.92. The molecule has 120 valence electrons. The number of hydrogen-bond donors (Lipinski definition) is 0. The number of nitrogens with zero attached hydrogens (tertiary/aromatic N) is 1. The molecule has 2 rings (SSSR count). The van der Waals surface area contributed by atoms with Crippen LogP contribution < -0.4 is 14.2 Å². The molecule has 6 heteroatoms. The zero-order chi connectivity index (χ0) is 16.7. The van der Waals surface area contributed by atoms with E-state index in [9.17, 15) is 0 Å². The molecule has 23 heavy (non-hydrogen) atoms. The van der Waals surface area contributed by atoms with E-state index in [2.05, 4.69) is 6.07 Å². The standard InChI is InChI=1S/C17H15Cl2NO3/c1-2-21-17-9-12(11-20)3-5-16(17)23-8-7-22-15-6-4-13(18)10-14(15)19/h3-6,9-10H,2,7-8H2,1H3. The van der Waals surface area contributed by atoms with Crippen molar-refractivity contribution >= 4 is 23.2 Å². The molecule has 2 aromatic carbocycles. The van der Waals surface area contributed by atoms with Gasteiger partial charge in [0.2, 0.25) is 0 Å². The Kier molecular flexibility index (Phi) is 6.40. The summed E-state index contributed by atoms with van der Waals surface area (Å²) >= 11 is 11.9. The molecule has 0 aliphatic heterocycles. The van der Waals surface area contributed by atoms with Gasteiger partial charge in [0.15, 0.2) is 11.5 Å². The molecule has 0 saturated carbocycles. The summed E-state index contributed by atoms with van der Waals surface area (Å²) in [6.45, 7) is 2.98. The molecule has 0 aliphatic carbocycles. The van der Waals surface area contributed by atoms with E-state index in [-0.39, 0.29) is 0 Å². The summed E-state index contributed by atoms with van der Waals surface area (Å²) in [4.78, 5) is 0. The first-order valence-electron chi connectivity index (χ1n) is 7.01. The van der Waals surface area contributed by atoms with Gasteiger partial charge in [-0.2, -0.15) is 5.26 Å². The van der Waals surface area contributed by atoms with Crippen LogP contribution >= 0.6 is 23.2 Å². The molecule has 0 bridgehead atoms. The Morgan fingerprint density at radius 2 is 1.61 bits per heavy atom. The number of hydrogen-bond acceptors (Lipinski definition) is 4. The fourth-order valence-electron chi connectivity index (χ4n) is 1.86. The predicted octanol–water partition coefficient (Wildman–Crippen LogP) is 4.72. The number of benzene rings is 2. The lowest BCUT2D eigenvalue weighted by Gasteiger charge is -2.13. The number of halogens is 2. The van der Waals surface area contributed by atoms with Gasteiger partial charge < -0.3 is 14.2 Å². The maximum atomic E-state index is 8.92. The van der Waals surface area contributed by atoms with Gasteiger partial charge in [0.05, 0.1) is 23.3 Å². The van der Waals surface area contributed by atoms with Crippen molar-refractivity contribution in [3.05, 3.63) is 52.0 Å².